The summed E-state index contributed by atoms with van der Waals surface area (Å²) in [5, 5.41) is 2.88. The highest BCUT2D eigenvalue weighted by molar-refractivity contribution is 6.17. The molecule has 0 heterocycles. The van der Waals surface area contributed by atoms with E-state index in [9.17, 15) is 4.79 Å². The van der Waals surface area contributed by atoms with Gasteiger partial charge in [-0.3, -0.25) is 4.79 Å². The normalized spacial score (nSPS) is 15.2. The van der Waals surface area contributed by atoms with Gasteiger partial charge in [-0.2, -0.15) is 0 Å². The second-order valence-electron chi connectivity index (χ2n) is 5.24. The van der Waals surface area contributed by atoms with Crippen molar-refractivity contribution in [1.29, 1.82) is 0 Å². The molecule has 0 unspecified atom stereocenters. The highest BCUT2D eigenvalue weighted by Gasteiger charge is 2.16. The van der Waals surface area contributed by atoms with Crippen LogP contribution in [0.15, 0.2) is 24.3 Å². The van der Waals surface area contributed by atoms with Crippen molar-refractivity contribution >= 4 is 23.2 Å². The SMILES string of the molecule is O=C(CCCCCl)Nc1ccc(OC2CCCC2)cc1. The molecule has 1 saturated carbocycles. The maximum Gasteiger partial charge on any atom is 0.224 e. The van der Waals surface area contributed by atoms with Gasteiger partial charge in [0.1, 0.15) is 5.75 Å². The fraction of sp³-hybridized carbons (Fsp3) is 0.562. The van der Waals surface area contributed by atoms with Gasteiger partial charge in [-0.1, -0.05) is 0 Å². The lowest BCUT2D eigenvalue weighted by molar-refractivity contribution is -0.116. The molecule has 0 bridgehead atoms. The van der Waals surface area contributed by atoms with Crippen LogP contribution in [0, 0.1) is 0 Å². The fourth-order valence-corrected chi connectivity index (χ4v) is 2.61. The predicted molar refractivity (Wildman–Crippen MR) is 82.5 cm³/mol. The van der Waals surface area contributed by atoms with Gasteiger partial charge in [0.25, 0.3) is 0 Å². The number of hydrogen-bond acceptors (Lipinski definition) is 2. The van der Waals surface area contributed by atoms with Crippen LogP contribution in [-0.2, 0) is 4.79 Å². The Kier molecular flexibility index (Phi) is 6.19. The number of halogens is 1. The molecular formula is C16H22ClNO2. The molecule has 110 valence electrons. The van der Waals surface area contributed by atoms with Gasteiger partial charge in [0.05, 0.1) is 6.10 Å². The number of carbonyl (C=O) groups is 1. The van der Waals surface area contributed by atoms with E-state index in [0.717, 1.165) is 37.1 Å². The molecule has 1 N–H and O–H groups in total. The Bertz CT molecular complexity index is 413. The summed E-state index contributed by atoms with van der Waals surface area (Å²) in [6.07, 6.45) is 7.43. The third-order valence-electron chi connectivity index (χ3n) is 3.53. The molecule has 0 atom stereocenters. The molecule has 0 aromatic heterocycles. The van der Waals surface area contributed by atoms with Crippen LogP contribution in [0.4, 0.5) is 5.69 Å². The van der Waals surface area contributed by atoms with Crippen LogP contribution < -0.4 is 10.1 Å². The summed E-state index contributed by atoms with van der Waals surface area (Å²) in [6.45, 7) is 0. The van der Waals surface area contributed by atoms with Crippen molar-refractivity contribution in [1.82, 2.24) is 0 Å². The van der Waals surface area contributed by atoms with Crippen molar-refractivity contribution in [3.63, 3.8) is 0 Å². The Morgan fingerprint density at radius 3 is 2.55 bits per heavy atom. The molecule has 3 nitrogen and oxygen atoms in total. The van der Waals surface area contributed by atoms with Gasteiger partial charge in [-0.15, -0.1) is 11.6 Å². The van der Waals surface area contributed by atoms with Gasteiger partial charge in [0.2, 0.25) is 5.91 Å². The lowest BCUT2D eigenvalue weighted by atomic mass is 10.2. The van der Waals surface area contributed by atoms with Crippen LogP contribution in [0.25, 0.3) is 0 Å². The molecule has 0 spiro atoms. The summed E-state index contributed by atoms with van der Waals surface area (Å²) in [5.41, 5.74) is 0.819. The van der Waals surface area contributed by atoms with E-state index in [1.165, 1.54) is 12.8 Å². The van der Waals surface area contributed by atoms with E-state index in [-0.39, 0.29) is 5.91 Å². The molecule has 0 saturated heterocycles. The highest BCUT2D eigenvalue weighted by Crippen LogP contribution is 2.25. The number of carbonyl (C=O) groups excluding carboxylic acids is 1. The van der Waals surface area contributed by atoms with Crippen LogP contribution >= 0.6 is 11.6 Å². The fourth-order valence-electron chi connectivity index (χ4n) is 2.42. The Balaban J connectivity index is 1.77. The van der Waals surface area contributed by atoms with Gasteiger partial charge in [0, 0.05) is 18.0 Å². The Morgan fingerprint density at radius 1 is 1.20 bits per heavy atom. The molecule has 1 aliphatic rings. The number of unbranched alkanes of at least 4 members (excludes halogenated alkanes) is 1. The quantitative estimate of drug-likeness (QED) is 0.600. The van der Waals surface area contributed by atoms with Crippen LogP contribution in [0.5, 0.6) is 5.75 Å². The number of anilines is 1. The summed E-state index contributed by atoms with van der Waals surface area (Å²) < 4.78 is 5.89. The number of alkyl halides is 1. The molecular weight excluding hydrogens is 274 g/mol. The second kappa shape index (κ2) is 8.15. The molecule has 1 aromatic carbocycles. The van der Waals surface area contributed by atoms with Crippen molar-refractivity contribution in [3.8, 4) is 5.75 Å². The molecule has 1 aromatic rings. The number of ether oxygens (including phenoxy) is 1. The first-order valence-corrected chi connectivity index (χ1v) is 7.94. The van der Waals surface area contributed by atoms with Crippen molar-refractivity contribution in [2.75, 3.05) is 11.2 Å². The standard InChI is InChI=1S/C16H22ClNO2/c17-12-4-3-7-16(19)18-13-8-10-15(11-9-13)20-14-5-1-2-6-14/h8-11,14H,1-7,12H2,(H,18,19). The number of amides is 1. The van der Waals surface area contributed by atoms with Crippen molar-refractivity contribution in [3.05, 3.63) is 24.3 Å². The zero-order chi connectivity index (χ0) is 14.2. The summed E-state index contributed by atoms with van der Waals surface area (Å²) in [7, 11) is 0. The molecule has 4 heteroatoms. The predicted octanol–water partition coefficient (Wildman–Crippen LogP) is 4.36. The molecule has 20 heavy (non-hydrogen) atoms. The molecule has 0 aliphatic heterocycles. The summed E-state index contributed by atoms with van der Waals surface area (Å²) in [4.78, 5) is 11.7. The second-order valence-corrected chi connectivity index (χ2v) is 5.62. The lowest BCUT2D eigenvalue weighted by Crippen LogP contribution is -2.12. The molecule has 1 aliphatic carbocycles. The number of benzene rings is 1. The Morgan fingerprint density at radius 2 is 1.90 bits per heavy atom. The van der Waals surface area contributed by atoms with Gasteiger partial charge in [-0.05, 0) is 62.8 Å². The van der Waals surface area contributed by atoms with E-state index in [1.807, 2.05) is 24.3 Å². The van der Waals surface area contributed by atoms with Crippen LogP contribution in [0.1, 0.15) is 44.9 Å². The minimum Gasteiger partial charge on any atom is -0.490 e. The minimum atomic E-state index is 0.0413. The van der Waals surface area contributed by atoms with Crippen LogP contribution in [0.2, 0.25) is 0 Å². The average Bonchev–Trinajstić information content (AvgIpc) is 2.94. The average molecular weight is 296 g/mol. The highest BCUT2D eigenvalue weighted by atomic mass is 35.5. The van der Waals surface area contributed by atoms with E-state index in [2.05, 4.69) is 5.32 Å². The van der Waals surface area contributed by atoms with Crippen molar-refractivity contribution < 1.29 is 9.53 Å². The summed E-state index contributed by atoms with van der Waals surface area (Å²) in [6, 6.07) is 7.63. The Hall–Kier alpha value is -1.22. The summed E-state index contributed by atoms with van der Waals surface area (Å²) in [5.74, 6) is 1.54. The van der Waals surface area contributed by atoms with Gasteiger partial charge in [0.15, 0.2) is 0 Å². The monoisotopic (exact) mass is 295 g/mol. The summed E-state index contributed by atoms with van der Waals surface area (Å²) >= 11 is 5.59. The number of hydrogen-bond donors (Lipinski definition) is 1. The topological polar surface area (TPSA) is 38.3 Å². The molecule has 1 amide bonds. The lowest BCUT2D eigenvalue weighted by Gasteiger charge is -2.13. The third-order valence-corrected chi connectivity index (χ3v) is 3.80. The minimum absolute atomic E-state index is 0.0413. The molecule has 0 radical (unpaired) electrons. The van der Waals surface area contributed by atoms with Gasteiger partial charge >= 0.3 is 0 Å². The van der Waals surface area contributed by atoms with E-state index >= 15 is 0 Å². The van der Waals surface area contributed by atoms with Crippen molar-refractivity contribution in [2.24, 2.45) is 0 Å². The first-order chi connectivity index (χ1) is 9.78. The largest absolute Gasteiger partial charge is 0.490 e. The maximum atomic E-state index is 11.7. The Labute approximate surface area is 125 Å². The van der Waals surface area contributed by atoms with Gasteiger partial charge in [-0.25, -0.2) is 0 Å². The van der Waals surface area contributed by atoms with Crippen LogP contribution in [-0.4, -0.2) is 17.9 Å². The van der Waals surface area contributed by atoms with Crippen LogP contribution in [0.3, 0.4) is 0 Å². The van der Waals surface area contributed by atoms with E-state index in [4.69, 9.17) is 16.3 Å². The number of nitrogens with one attached hydrogen (secondary N) is 1. The van der Waals surface area contributed by atoms with E-state index in [1.54, 1.807) is 0 Å². The first-order valence-electron chi connectivity index (χ1n) is 7.40. The first kappa shape index (κ1) is 15.2. The van der Waals surface area contributed by atoms with Crippen molar-refractivity contribution in [2.45, 2.75) is 51.0 Å². The van der Waals surface area contributed by atoms with E-state index in [0.29, 0.717) is 18.4 Å². The third kappa shape index (κ3) is 5.04. The smallest absolute Gasteiger partial charge is 0.224 e. The number of rotatable bonds is 7. The zero-order valence-corrected chi connectivity index (χ0v) is 12.5. The van der Waals surface area contributed by atoms with Gasteiger partial charge < -0.3 is 10.1 Å². The van der Waals surface area contributed by atoms with E-state index < -0.39 is 0 Å². The zero-order valence-electron chi connectivity index (χ0n) is 11.7. The maximum absolute atomic E-state index is 11.7. The molecule has 1 fully saturated rings. The molecule has 2 rings (SSSR count).